The second-order valence-electron chi connectivity index (χ2n) is 6.83. The van der Waals surface area contributed by atoms with Gasteiger partial charge in [-0.25, -0.2) is 4.52 Å². The lowest BCUT2D eigenvalue weighted by Gasteiger charge is -2.28. The van der Waals surface area contributed by atoms with Crippen molar-refractivity contribution >= 4 is 34.0 Å². The normalized spacial score (nSPS) is 20.0. The van der Waals surface area contributed by atoms with E-state index in [2.05, 4.69) is 40.2 Å². The van der Waals surface area contributed by atoms with E-state index in [1.807, 2.05) is 12.1 Å². The minimum absolute atomic E-state index is 0.305. The fourth-order valence-electron chi connectivity index (χ4n) is 3.55. The molecule has 0 aliphatic heterocycles. The lowest BCUT2D eigenvalue weighted by Crippen LogP contribution is -2.33. The molecule has 134 valence electrons. The maximum Gasteiger partial charge on any atom is 0.134 e. The van der Waals surface area contributed by atoms with Gasteiger partial charge in [-0.3, -0.25) is 0 Å². The molecule has 1 aliphatic rings. The zero-order chi connectivity index (χ0) is 18.1. The summed E-state index contributed by atoms with van der Waals surface area (Å²) in [5.74, 6) is 0.848. The summed E-state index contributed by atoms with van der Waals surface area (Å²) in [6.45, 7) is 2.08. The zero-order valence-electron chi connectivity index (χ0n) is 14.7. The van der Waals surface area contributed by atoms with Crippen molar-refractivity contribution in [1.82, 2.24) is 9.61 Å². The smallest absolute Gasteiger partial charge is 0.134 e. The van der Waals surface area contributed by atoms with Gasteiger partial charge in [0.1, 0.15) is 17.5 Å². The summed E-state index contributed by atoms with van der Waals surface area (Å²) in [7, 11) is 0. The molecule has 3 heterocycles. The van der Waals surface area contributed by atoms with Gasteiger partial charge in [-0.2, -0.15) is 10.4 Å². The van der Waals surface area contributed by atoms with Crippen LogP contribution in [0.4, 0.5) is 17.2 Å². The molecule has 0 atom stereocenters. The first kappa shape index (κ1) is 16.9. The first-order valence-corrected chi connectivity index (χ1v) is 9.77. The summed E-state index contributed by atoms with van der Waals surface area (Å²) >= 11 is 1.70. The molecule has 3 aromatic heterocycles. The highest BCUT2D eigenvalue weighted by atomic mass is 32.1. The van der Waals surface area contributed by atoms with Gasteiger partial charge in [-0.15, -0.1) is 11.3 Å². The SMILES string of the molecule is Cc1sccc1Nc1cc(NC2CCC(N)CC2)c(C#N)c2ccnn12. The van der Waals surface area contributed by atoms with Crippen LogP contribution in [0.2, 0.25) is 0 Å². The predicted molar refractivity (Wildman–Crippen MR) is 106 cm³/mol. The van der Waals surface area contributed by atoms with Crippen LogP contribution < -0.4 is 16.4 Å². The van der Waals surface area contributed by atoms with E-state index in [4.69, 9.17) is 5.73 Å². The fourth-order valence-corrected chi connectivity index (χ4v) is 4.20. The summed E-state index contributed by atoms with van der Waals surface area (Å²) in [6.07, 6.45) is 5.83. The summed E-state index contributed by atoms with van der Waals surface area (Å²) in [5.41, 5.74) is 9.37. The standard InChI is InChI=1S/C19H22N6S/c1-12-16(7-9-26-12)24-19-10-17(23-14-4-2-13(21)3-5-14)15(11-20)18-6-8-22-25(18)19/h6-10,13-14,23-24H,2-5,21H2,1H3. The molecule has 0 spiro atoms. The Morgan fingerprint density at radius 3 is 2.77 bits per heavy atom. The Bertz CT molecular complexity index is 958. The van der Waals surface area contributed by atoms with Crippen molar-refractivity contribution in [3.63, 3.8) is 0 Å². The molecule has 0 unspecified atom stereocenters. The van der Waals surface area contributed by atoms with Crippen molar-refractivity contribution in [2.24, 2.45) is 5.73 Å². The van der Waals surface area contributed by atoms with Gasteiger partial charge in [0.05, 0.1) is 23.1 Å². The maximum atomic E-state index is 9.73. The Balaban J connectivity index is 1.72. The van der Waals surface area contributed by atoms with Crippen molar-refractivity contribution in [1.29, 1.82) is 5.26 Å². The van der Waals surface area contributed by atoms with Gasteiger partial charge in [0, 0.05) is 23.0 Å². The van der Waals surface area contributed by atoms with Gasteiger partial charge in [-0.1, -0.05) is 0 Å². The molecular weight excluding hydrogens is 344 g/mol. The van der Waals surface area contributed by atoms with Crippen molar-refractivity contribution in [3.05, 3.63) is 40.2 Å². The molecule has 4 N–H and O–H groups in total. The molecule has 0 bridgehead atoms. The van der Waals surface area contributed by atoms with E-state index in [0.717, 1.165) is 48.4 Å². The monoisotopic (exact) mass is 366 g/mol. The van der Waals surface area contributed by atoms with Crippen LogP contribution >= 0.6 is 11.3 Å². The highest BCUT2D eigenvalue weighted by Crippen LogP contribution is 2.31. The second kappa shape index (κ2) is 6.98. The van der Waals surface area contributed by atoms with E-state index >= 15 is 0 Å². The first-order valence-electron chi connectivity index (χ1n) is 8.90. The van der Waals surface area contributed by atoms with Gasteiger partial charge in [-0.05, 0) is 50.1 Å². The number of nitrogens with two attached hydrogens (primary N) is 1. The fraction of sp³-hybridized carbons (Fsp3) is 0.368. The molecule has 0 saturated heterocycles. The van der Waals surface area contributed by atoms with Crippen LogP contribution in [0.3, 0.4) is 0 Å². The molecule has 0 aromatic carbocycles. The summed E-state index contributed by atoms with van der Waals surface area (Å²) < 4.78 is 1.79. The summed E-state index contributed by atoms with van der Waals surface area (Å²) in [4.78, 5) is 1.21. The van der Waals surface area contributed by atoms with Gasteiger partial charge in [0.25, 0.3) is 0 Å². The number of thiophene rings is 1. The number of hydrogen-bond acceptors (Lipinski definition) is 6. The molecule has 1 saturated carbocycles. The van der Waals surface area contributed by atoms with Crippen molar-refractivity contribution in [2.45, 2.75) is 44.7 Å². The number of hydrogen-bond donors (Lipinski definition) is 3. The third-order valence-corrected chi connectivity index (χ3v) is 5.89. The molecule has 1 aliphatic carbocycles. The average Bonchev–Trinajstić information content (AvgIpc) is 3.27. The lowest BCUT2D eigenvalue weighted by molar-refractivity contribution is 0.411. The number of aryl methyl sites for hydroxylation is 1. The Morgan fingerprint density at radius 2 is 2.08 bits per heavy atom. The third kappa shape index (κ3) is 3.14. The number of pyridine rings is 1. The number of nitrogens with zero attached hydrogens (tertiary/aromatic N) is 3. The van der Waals surface area contributed by atoms with Crippen LogP contribution in [0.5, 0.6) is 0 Å². The van der Waals surface area contributed by atoms with E-state index in [-0.39, 0.29) is 0 Å². The van der Waals surface area contributed by atoms with Gasteiger partial charge < -0.3 is 16.4 Å². The molecule has 6 nitrogen and oxygen atoms in total. The van der Waals surface area contributed by atoms with E-state index in [9.17, 15) is 5.26 Å². The van der Waals surface area contributed by atoms with Crippen LogP contribution in [0.25, 0.3) is 5.52 Å². The van der Waals surface area contributed by atoms with Crippen LogP contribution in [0.15, 0.2) is 29.8 Å². The highest BCUT2D eigenvalue weighted by molar-refractivity contribution is 7.10. The zero-order valence-corrected chi connectivity index (χ0v) is 15.5. The lowest BCUT2D eigenvalue weighted by atomic mass is 9.91. The van der Waals surface area contributed by atoms with E-state index in [0.29, 0.717) is 17.6 Å². The molecule has 7 heteroatoms. The minimum Gasteiger partial charge on any atom is -0.381 e. The number of aromatic nitrogens is 2. The Kier molecular flexibility index (Phi) is 4.53. The van der Waals surface area contributed by atoms with Crippen molar-refractivity contribution < 1.29 is 0 Å². The van der Waals surface area contributed by atoms with E-state index in [1.165, 1.54) is 4.88 Å². The number of nitriles is 1. The molecule has 0 radical (unpaired) electrons. The number of nitrogens with one attached hydrogen (secondary N) is 2. The predicted octanol–water partition coefficient (Wildman–Crippen LogP) is 4.00. The molecule has 1 fully saturated rings. The quantitative estimate of drug-likeness (QED) is 0.649. The first-order chi connectivity index (χ1) is 12.7. The topological polar surface area (TPSA) is 91.2 Å². The molecule has 0 amide bonds. The minimum atomic E-state index is 0.305. The number of rotatable bonds is 4. The third-order valence-electron chi connectivity index (χ3n) is 5.04. The van der Waals surface area contributed by atoms with Crippen LogP contribution in [0.1, 0.15) is 36.1 Å². The van der Waals surface area contributed by atoms with Crippen molar-refractivity contribution in [2.75, 3.05) is 10.6 Å². The number of fused-ring (bicyclic) bond motifs is 1. The van der Waals surface area contributed by atoms with E-state index in [1.54, 1.807) is 22.0 Å². The van der Waals surface area contributed by atoms with Gasteiger partial charge >= 0.3 is 0 Å². The highest BCUT2D eigenvalue weighted by Gasteiger charge is 2.21. The summed E-state index contributed by atoms with van der Waals surface area (Å²) in [5, 5.41) is 23.2. The molecule has 26 heavy (non-hydrogen) atoms. The molecule has 4 rings (SSSR count). The maximum absolute atomic E-state index is 9.73. The number of anilines is 3. The van der Waals surface area contributed by atoms with Gasteiger partial charge in [0.15, 0.2) is 0 Å². The van der Waals surface area contributed by atoms with Crippen LogP contribution in [-0.4, -0.2) is 21.7 Å². The van der Waals surface area contributed by atoms with Gasteiger partial charge in [0.2, 0.25) is 0 Å². The molecular formula is C19H22N6S. The average molecular weight is 366 g/mol. The van der Waals surface area contributed by atoms with E-state index < -0.39 is 0 Å². The summed E-state index contributed by atoms with van der Waals surface area (Å²) in [6, 6.07) is 8.93. The van der Waals surface area contributed by atoms with Crippen molar-refractivity contribution in [3.8, 4) is 6.07 Å². The Morgan fingerprint density at radius 1 is 1.27 bits per heavy atom. The van der Waals surface area contributed by atoms with Crippen LogP contribution in [-0.2, 0) is 0 Å². The Hall–Kier alpha value is -2.56. The Labute approximate surface area is 156 Å². The second-order valence-corrected chi connectivity index (χ2v) is 7.95. The molecule has 3 aromatic rings. The van der Waals surface area contributed by atoms with Crippen LogP contribution in [0, 0.1) is 18.3 Å². The largest absolute Gasteiger partial charge is 0.381 e.